The van der Waals surface area contributed by atoms with Crippen LogP contribution in [0.1, 0.15) is 31.3 Å². The number of imidazole rings is 1. The summed E-state index contributed by atoms with van der Waals surface area (Å²) in [7, 11) is 0. The van der Waals surface area contributed by atoms with Crippen molar-refractivity contribution >= 4 is 27.1 Å². The third-order valence-electron chi connectivity index (χ3n) is 3.55. The highest BCUT2D eigenvalue weighted by Gasteiger charge is 2.45. The second-order valence-electron chi connectivity index (χ2n) is 4.46. The molecule has 1 fully saturated rings. The molecule has 82 valence electrons. The maximum Gasteiger partial charge on any atom is 0.161 e. The van der Waals surface area contributed by atoms with Crippen LogP contribution in [-0.2, 0) is 4.74 Å². The van der Waals surface area contributed by atoms with Gasteiger partial charge in [-0.05, 0) is 35.0 Å². The fourth-order valence-electron chi connectivity index (χ4n) is 2.65. The highest BCUT2D eigenvalue weighted by molar-refractivity contribution is 9.10. The zero-order valence-electron chi connectivity index (χ0n) is 8.72. The van der Waals surface area contributed by atoms with Crippen LogP contribution >= 0.6 is 15.9 Å². The molecular weight excluding hydrogens is 270 g/mol. The number of rotatable bonds is 0. The summed E-state index contributed by atoms with van der Waals surface area (Å²) in [5.74, 6) is 1.04. The summed E-state index contributed by atoms with van der Waals surface area (Å²) >= 11 is 3.41. The van der Waals surface area contributed by atoms with Gasteiger partial charge in [0.05, 0.1) is 12.1 Å². The first-order valence-corrected chi connectivity index (χ1v) is 6.23. The summed E-state index contributed by atoms with van der Waals surface area (Å²) in [6.07, 6.45) is 1.64. The van der Waals surface area contributed by atoms with Crippen molar-refractivity contribution in [1.29, 1.82) is 0 Å². The molecule has 0 N–H and O–H groups in total. The minimum absolute atomic E-state index is 0.189. The van der Waals surface area contributed by atoms with Crippen LogP contribution in [0.15, 0.2) is 16.7 Å². The van der Waals surface area contributed by atoms with Gasteiger partial charge in [0.25, 0.3) is 0 Å². The van der Waals surface area contributed by atoms with E-state index in [9.17, 15) is 0 Å². The molecule has 0 amide bonds. The summed E-state index contributed by atoms with van der Waals surface area (Å²) in [6.45, 7) is 2.17. The predicted octanol–water partition coefficient (Wildman–Crippen LogP) is 2.60. The summed E-state index contributed by atoms with van der Waals surface area (Å²) in [4.78, 5) is 9.13. The van der Waals surface area contributed by atoms with Gasteiger partial charge in [-0.1, -0.05) is 0 Å². The topological polar surface area (TPSA) is 39.9 Å². The number of pyridine rings is 1. The van der Waals surface area contributed by atoms with E-state index in [1.54, 1.807) is 0 Å². The van der Waals surface area contributed by atoms with E-state index in [1.807, 2.05) is 12.1 Å². The van der Waals surface area contributed by atoms with Crippen molar-refractivity contribution in [2.45, 2.75) is 31.6 Å². The van der Waals surface area contributed by atoms with Crippen LogP contribution in [0, 0.1) is 0 Å². The first kappa shape index (κ1) is 9.13. The second-order valence-corrected chi connectivity index (χ2v) is 5.27. The van der Waals surface area contributed by atoms with E-state index in [4.69, 9.17) is 4.74 Å². The maximum atomic E-state index is 5.75. The molecule has 0 aliphatic carbocycles. The molecule has 0 aromatic carbocycles. The molecule has 1 saturated heterocycles. The van der Waals surface area contributed by atoms with Gasteiger partial charge < -0.3 is 9.30 Å². The molecule has 0 radical (unpaired) electrons. The molecule has 4 nitrogen and oxygen atoms in total. The van der Waals surface area contributed by atoms with Crippen LogP contribution in [-0.4, -0.2) is 20.6 Å². The van der Waals surface area contributed by atoms with Gasteiger partial charge in [-0.15, -0.1) is 0 Å². The number of hydrogen-bond donors (Lipinski definition) is 0. The SMILES string of the molecule is C[C@H]1[C@@H]2C[C@@H](O2)c2nc3ccc(Br)nc3n21. The lowest BCUT2D eigenvalue weighted by molar-refractivity contribution is -0.172. The molecular formula is C11H10BrN3O. The van der Waals surface area contributed by atoms with Gasteiger partial charge in [-0.3, -0.25) is 0 Å². The van der Waals surface area contributed by atoms with Gasteiger partial charge >= 0.3 is 0 Å². The number of hydrogen-bond acceptors (Lipinski definition) is 3. The summed E-state index contributed by atoms with van der Waals surface area (Å²) in [5.41, 5.74) is 1.93. The number of nitrogens with zero attached hydrogens (tertiary/aromatic N) is 3. The average Bonchev–Trinajstić information content (AvgIpc) is 2.54. The standard InChI is InChI=1S/C11H10BrN3O/c1-5-7-4-8(16-7)11-13-6-2-3-9(12)14-10(6)15(5)11/h2-3,5,7-8H,4H2,1H3/t5-,7-,8+/m0/s1. The van der Waals surface area contributed by atoms with Gasteiger partial charge in [0.15, 0.2) is 5.65 Å². The van der Waals surface area contributed by atoms with Crippen LogP contribution in [0.2, 0.25) is 0 Å². The molecule has 3 aliphatic rings. The second kappa shape index (κ2) is 2.84. The summed E-state index contributed by atoms with van der Waals surface area (Å²) in [6, 6.07) is 4.27. The van der Waals surface area contributed by atoms with Gasteiger partial charge in [-0.25, -0.2) is 9.97 Å². The Morgan fingerprint density at radius 3 is 3.06 bits per heavy atom. The molecule has 5 heterocycles. The quantitative estimate of drug-likeness (QED) is 0.696. The zero-order valence-corrected chi connectivity index (χ0v) is 10.3. The van der Waals surface area contributed by atoms with Gasteiger partial charge in [0, 0.05) is 6.42 Å². The maximum absolute atomic E-state index is 5.75. The van der Waals surface area contributed by atoms with Crippen LogP contribution < -0.4 is 0 Å². The molecule has 2 aromatic heterocycles. The minimum atomic E-state index is 0.189. The first-order valence-electron chi connectivity index (χ1n) is 5.44. The monoisotopic (exact) mass is 279 g/mol. The molecule has 2 bridgehead atoms. The highest BCUT2D eigenvalue weighted by atomic mass is 79.9. The molecule has 0 unspecified atom stereocenters. The Bertz CT molecular complexity index is 588. The van der Waals surface area contributed by atoms with Crippen LogP contribution in [0.4, 0.5) is 0 Å². The Balaban J connectivity index is 2.08. The van der Waals surface area contributed by atoms with Crippen molar-refractivity contribution in [2.75, 3.05) is 0 Å². The van der Waals surface area contributed by atoms with Crippen LogP contribution in [0.25, 0.3) is 11.2 Å². The molecule has 2 aromatic rings. The third kappa shape index (κ3) is 0.978. The molecule has 3 atom stereocenters. The van der Waals surface area contributed by atoms with Crippen molar-refractivity contribution < 1.29 is 4.74 Å². The molecule has 3 aliphatic heterocycles. The number of halogens is 1. The number of aromatic nitrogens is 3. The van der Waals surface area contributed by atoms with Crippen molar-refractivity contribution in [3.8, 4) is 0 Å². The van der Waals surface area contributed by atoms with Crippen LogP contribution in [0.5, 0.6) is 0 Å². The van der Waals surface area contributed by atoms with Crippen molar-refractivity contribution in [3.63, 3.8) is 0 Å². The van der Waals surface area contributed by atoms with Crippen molar-refractivity contribution in [2.24, 2.45) is 0 Å². The molecule has 0 spiro atoms. The van der Waals surface area contributed by atoms with Gasteiger partial charge in [-0.2, -0.15) is 0 Å². The van der Waals surface area contributed by atoms with E-state index in [0.717, 1.165) is 28.0 Å². The Kier molecular flexibility index (Phi) is 1.62. The van der Waals surface area contributed by atoms with E-state index in [2.05, 4.69) is 37.4 Å². The molecule has 5 rings (SSSR count). The fourth-order valence-corrected chi connectivity index (χ4v) is 2.95. The zero-order chi connectivity index (χ0) is 10.9. The van der Waals surface area contributed by atoms with E-state index in [-0.39, 0.29) is 6.10 Å². The lowest BCUT2D eigenvalue weighted by atomic mass is 9.94. The summed E-state index contributed by atoms with van der Waals surface area (Å²) < 4.78 is 8.83. The van der Waals surface area contributed by atoms with Gasteiger partial charge in [0.2, 0.25) is 0 Å². The first-order chi connectivity index (χ1) is 7.74. The number of fused-ring (bicyclic) bond motifs is 1. The number of ether oxygens (including phenoxy) is 1. The Labute approximate surface area is 101 Å². The Morgan fingerprint density at radius 1 is 1.44 bits per heavy atom. The Hall–Kier alpha value is -0.940. The fraction of sp³-hybridized carbons (Fsp3) is 0.455. The summed E-state index contributed by atoms with van der Waals surface area (Å²) in [5, 5.41) is 0. The lowest BCUT2D eigenvalue weighted by Gasteiger charge is -2.45. The van der Waals surface area contributed by atoms with Crippen molar-refractivity contribution in [3.05, 3.63) is 22.6 Å². The molecule has 5 heteroatoms. The third-order valence-corrected chi connectivity index (χ3v) is 3.99. The average molecular weight is 280 g/mol. The normalized spacial score (nSPS) is 31.2. The Morgan fingerprint density at radius 2 is 2.25 bits per heavy atom. The van der Waals surface area contributed by atoms with Gasteiger partial charge in [0.1, 0.15) is 22.0 Å². The van der Waals surface area contributed by atoms with E-state index < -0.39 is 0 Å². The van der Waals surface area contributed by atoms with E-state index in [0.29, 0.717) is 12.1 Å². The van der Waals surface area contributed by atoms with E-state index in [1.165, 1.54) is 0 Å². The van der Waals surface area contributed by atoms with Crippen molar-refractivity contribution in [1.82, 2.24) is 14.5 Å². The molecule has 16 heavy (non-hydrogen) atoms. The minimum Gasteiger partial charge on any atom is -0.365 e. The predicted molar refractivity (Wildman–Crippen MR) is 62.2 cm³/mol. The lowest BCUT2D eigenvalue weighted by Crippen LogP contribution is -2.44. The van der Waals surface area contributed by atoms with E-state index >= 15 is 0 Å². The highest BCUT2D eigenvalue weighted by Crippen LogP contribution is 2.47. The largest absolute Gasteiger partial charge is 0.365 e. The van der Waals surface area contributed by atoms with Crippen LogP contribution in [0.3, 0.4) is 0 Å². The molecule has 0 saturated carbocycles. The smallest absolute Gasteiger partial charge is 0.161 e.